The average Bonchev–Trinajstić information content (AvgIpc) is 2.46. The minimum atomic E-state index is -4.55. The van der Waals surface area contributed by atoms with E-state index in [4.69, 9.17) is 10.6 Å². The van der Waals surface area contributed by atoms with Gasteiger partial charge in [0.2, 0.25) is 5.95 Å². The highest BCUT2D eigenvalue weighted by atomic mass is 19.4. The Labute approximate surface area is 120 Å². The van der Waals surface area contributed by atoms with Crippen LogP contribution >= 0.6 is 0 Å². The smallest absolute Gasteiger partial charge is 0.377 e. The number of rotatable bonds is 3. The Morgan fingerprint density at radius 3 is 2.71 bits per heavy atom. The highest BCUT2D eigenvalue weighted by Gasteiger charge is 2.36. The first-order valence-corrected chi connectivity index (χ1v) is 6.50. The maximum Gasteiger partial charge on any atom is 0.433 e. The molecule has 0 aromatic carbocycles. The van der Waals surface area contributed by atoms with Crippen LogP contribution in [0.1, 0.15) is 25.5 Å². The molecule has 1 aliphatic heterocycles. The molecule has 3 N–H and O–H groups in total. The molecule has 2 heterocycles. The fourth-order valence-corrected chi connectivity index (χ4v) is 2.37. The third kappa shape index (κ3) is 3.53. The van der Waals surface area contributed by atoms with Crippen LogP contribution in [0.4, 0.5) is 24.9 Å². The Bertz CT molecular complexity index is 510. The van der Waals surface area contributed by atoms with Gasteiger partial charge >= 0.3 is 6.18 Å². The van der Waals surface area contributed by atoms with Crippen LogP contribution in [0.25, 0.3) is 0 Å². The molecule has 0 amide bonds. The molecule has 21 heavy (non-hydrogen) atoms. The Morgan fingerprint density at radius 1 is 1.43 bits per heavy atom. The van der Waals surface area contributed by atoms with E-state index in [1.54, 1.807) is 12.0 Å². The van der Waals surface area contributed by atoms with Gasteiger partial charge in [0, 0.05) is 26.3 Å². The number of nitrogens with two attached hydrogens (primary N) is 1. The Kier molecular flexibility index (Phi) is 4.24. The third-order valence-electron chi connectivity index (χ3n) is 3.61. The van der Waals surface area contributed by atoms with E-state index in [1.807, 2.05) is 6.92 Å². The van der Waals surface area contributed by atoms with Gasteiger partial charge < -0.3 is 9.64 Å². The van der Waals surface area contributed by atoms with Gasteiger partial charge in [0.05, 0.1) is 5.60 Å². The summed E-state index contributed by atoms with van der Waals surface area (Å²) in [5, 5.41) is 0. The second-order valence-electron chi connectivity index (χ2n) is 5.26. The quantitative estimate of drug-likeness (QED) is 0.655. The number of aromatic nitrogens is 2. The lowest BCUT2D eigenvalue weighted by Crippen LogP contribution is -2.47. The SMILES string of the molecule is COC1(C)CCCN(c2cc(C(F)(F)F)nc(NN)n2)C1. The molecule has 2 rings (SSSR count). The zero-order valence-electron chi connectivity index (χ0n) is 11.9. The fraction of sp³-hybridized carbons (Fsp3) is 0.667. The number of alkyl halides is 3. The van der Waals surface area contributed by atoms with Crippen molar-refractivity contribution in [2.24, 2.45) is 5.84 Å². The molecule has 0 aliphatic carbocycles. The van der Waals surface area contributed by atoms with Gasteiger partial charge in [-0.1, -0.05) is 0 Å². The van der Waals surface area contributed by atoms with Gasteiger partial charge in [-0.15, -0.1) is 0 Å². The number of hydrazine groups is 1. The average molecular weight is 305 g/mol. The predicted molar refractivity (Wildman–Crippen MR) is 71.7 cm³/mol. The Hall–Kier alpha value is -1.61. The normalized spacial score (nSPS) is 23.2. The van der Waals surface area contributed by atoms with Gasteiger partial charge in [-0.2, -0.15) is 18.2 Å². The molecule has 9 heteroatoms. The zero-order chi connectivity index (χ0) is 15.7. The highest BCUT2D eigenvalue weighted by molar-refractivity contribution is 5.46. The maximum atomic E-state index is 12.9. The summed E-state index contributed by atoms with van der Waals surface area (Å²) < 4.78 is 44.0. The van der Waals surface area contributed by atoms with E-state index in [2.05, 4.69) is 15.4 Å². The molecule has 0 radical (unpaired) electrons. The van der Waals surface area contributed by atoms with Crippen molar-refractivity contribution in [2.45, 2.75) is 31.5 Å². The molecule has 1 aromatic rings. The van der Waals surface area contributed by atoms with Gasteiger partial charge in [-0.25, -0.2) is 10.8 Å². The number of anilines is 2. The molecule has 1 saturated heterocycles. The van der Waals surface area contributed by atoms with Crippen LogP contribution in [0.5, 0.6) is 0 Å². The predicted octanol–water partition coefficient (Wildman–Crippen LogP) is 1.79. The number of hydrogen-bond acceptors (Lipinski definition) is 6. The van der Waals surface area contributed by atoms with Crippen molar-refractivity contribution in [2.75, 3.05) is 30.5 Å². The number of hydrogen-bond donors (Lipinski definition) is 2. The van der Waals surface area contributed by atoms with Crippen molar-refractivity contribution in [3.8, 4) is 0 Å². The minimum absolute atomic E-state index is 0.188. The number of nitrogens with zero attached hydrogens (tertiary/aromatic N) is 3. The molecule has 1 aromatic heterocycles. The Balaban J connectivity index is 2.34. The van der Waals surface area contributed by atoms with E-state index in [-0.39, 0.29) is 11.8 Å². The number of nitrogens with one attached hydrogen (secondary N) is 1. The molecule has 1 fully saturated rings. The third-order valence-corrected chi connectivity index (χ3v) is 3.61. The van der Waals surface area contributed by atoms with Crippen molar-refractivity contribution >= 4 is 11.8 Å². The van der Waals surface area contributed by atoms with Crippen LogP contribution in [-0.4, -0.2) is 35.8 Å². The van der Waals surface area contributed by atoms with Gasteiger partial charge in [-0.3, -0.25) is 5.43 Å². The van der Waals surface area contributed by atoms with Gasteiger partial charge in [0.1, 0.15) is 5.82 Å². The van der Waals surface area contributed by atoms with Gasteiger partial charge in [0.25, 0.3) is 0 Å². The molecule has 1 aliphatic rings. The van der Waals surface area contributed by atoms with Crippen LogP contribution in [0.15, 0.2) is 6.07 Å². The van der Waals surface area contributed by atoms with Crippen molar-refractivity contribution in [1.29, 1.82) is 0 Å². The number of methoxy groups -OCH3 is 1. The molecule has 118 valence electrons. The van der Waals surface area contributed by atoms with Crippen LogP contribution in [0.3, 0.4) is 0 Å². The molecular weight excluding hydrogens is 287 g/mol. The minimum Gasteiger partial charge on any atom is -0.377 e. The van der Waals surface area contributed by atoms with Crippen molar-refractivity contribution in [1.82, 2.24) is 9.97 Å². The summed E-state index contributed by atoms with van der Waals surface area (Å²) in [7, 11) is 1.59. The summed E-state index contributed by atoms with van der Waals surface area (Å²) in [6, 6.07) is 0.933. The second kappa shape index (κ2) is 5.64. The second-order valence-corrected chi connectivity index (χ2v) is 5.26. The first-order chi connectivity index (χ1) is 9.77. The lowest BCUT2D eigenvalue weighted by Gasteiger charge is -2.40. The molecule has 6 nitrogen and oxygen atoms in total. The number of piperidine rings is 1. The van der Waals surface area contributed by atoms with Crippen molar-refractivity contribution in [3.63, 3.8) is 0 Å². The summed E-state index contributed by atoms with van der Waals surface area (Å²) in [5.74, 6) is 5.08. The first-order valence-electron chi connectivity index (χ1n) is 6.50. The van der Waals surface area contributed by atoms with Crippen LogP contribution in [0, 0.1) is 0 Å². The molecule has 0 bridgehead atoms. The molecule has 1 atom stereocenters. The first kappa shape index (κ1) is 15.8. The number of halogens is 3. The summed E-state index contributed by atoms with van der Waals surface area (Å²) >= 11 is 0. The largest absolute Gasteiger partial charge is 0.433 e. The van der Waals surface area contributed by atoms with Gasteiger partial charge in [0.15, 0.2) is 5.69 Å². The van der Waals surface area contributed by atoms with Crippen molar-refractivity contribution < 1.29 is 17.9 Å². The van der Waals surface area contributed by atoms with Crippen LogP contribution in [0.2, 0.25) is 0 Å². The van der Waals surface area contributed by atoms with E-state index in [9.17, 15) is 13.2 Å². The Morgan fingerprint density at radius 2 is 2.14 bits per heavy atom. The monoisotopic (exact) mass is 305 g/mol. The standard InChI is InChI=1S/C12H18F3N5O/c1-11(21-2)4-3-5-20(7-11)9-6-8(12(13,14)15)17-10(18-9)19-16/h6H,3-5,7,16H2,1-2H3,(H,17,18,19). The summed E-state index contributed by atoms with van der Waals surface area (Å²) in [4.78, 5) is 9.11. The zero-order valence-corrected chi connectivity index (χ0v) is 11.9. The molecule has 1 unspecified atom stereocenters. The van der Waals surface area contributed by atoms with Gasteiger partial charge in [-0.05, 0) is 19.8 Å². The van der Waals surface area contributed by atoms with E-state index in [0.717, 1.165) is 18.9 Å². The summed E-state index contributed by atoms with van der Waals surface area (Å²) in [5.41, 5.74) is 0.646. The molecule has 0 saturated carbocycles. The van der Waals surface area contributed by atoms with E-state index in [1.165, 1.54) is 0 Å². The maximum absolute atomic E-state index is 12.9. The number of nitrogen functional groups attached to an aromatic ring is 1. The molecular formula is C12H18F3N5O. The van der Waals surface area contributed by atoms with Crippen LogP contribution < -0.4 is 16.2 Å². The molecule has 0 spiro atoms. The van der Waals surface area contributed by atoms with Crippen molar-refractivity contribution in [3.05, 3.63) is 11.8 Å². The topological polar surface area (TPSA) is 76.3 Å². The van der Waals surface area contributed by atoms with E-state index < -0.39 is 17.5 Å². The highest BCUT2D eigenvalue weighted by Crippen LogP contribution is 2.32. The number of ether oxygens (including phenoxy) is 1. The lowest BCUT2D eigenvalue weighted by atomic mass is 9.95. The summed E-state index contributed by atoms with van der Waals surface area (Å²) in [6.07, 6.45) is -2.90. The fourth-order valence-electron chi connectivity index (χ4n) is 2.37. The van der Waals surface area contributed by atoms with E-state index in [0.29, 0.717) is 13.1 Å². The lowest BCUT2D eigenvalue weighted by molar-refractivity contribution is -0.141. The van der Waals surface area contributed by atoms with Crippen LogP contribution in [-0.2, 0) is 10.9 Å². The van der Waals surface area contributed by atoms with E-state index >= 15 is 0 Å². The summed E-state index contributed by atoms with van der Waals surface area (Å²) in [6.45, 7) is 2.99.